The second-order valence-corrected chi connectivity index (χ2v) is 4.18. The summed E-state index contributed by atoms with van der Waals surface area (Å²) in [5, 5.41) is 5.35. The summed E-state index contributed by atoms with van der Waals surface area (Å²) < 4.78 is 2.02. The number of carbonyl (C=O) groups excluding carboxylic acids is 2. The monoisotopic (exact) mass is 236 g/mol. The standard InChI is InChI=1S/C11H16N4O2/c1-3-4-15-6-12-10-9(15)5-8(11(17)14-10)13-7(2)16/h6,8H,3-5H2,1-2H3,(H,13,16)(H,14,17). The summed E-state index contributed by atoms with van der Waals surface area (Å²) in [6, 6.07) is -0.493. The van der Waals surface area contributed by atoms with E-state index in [0.717, 1.165) is 18.7 Å². The highest BCUT2D eigenvalue weighted by molar-refractivity contribution is 5.98. The summed E-state index contributed by atoms with van der Waals surface area (Å²) in [6.07, 6.45) is 3.23. The SMILES string of the molecule is CCCn1cnc2c1CC(NC(C)=O)C(=O)N2. The van der Waals surface area contributed by atoms with Gasteiger partial charge >= 0.3 is 0 Å². The Hall–Kier alpha value is -1.85. The second kappa shape index (κ2) is 4.57. The lowest BCUT2D eigenvalue weighted by atomic mass is 10.1. The van der Waals surface area contributed by atoms with E-state index >= 15 is 0 Å². The van der Waals surface area contributed by atoms with Gasteiger partial charge in [-0.1, -0.05) is 6.92 Å². The molecule has 1 aliphatic rings. The largest absolute Gasteiger partial charge is 0.344 e. The van der Waals surface area contributed by atoms with Crippen molar-refractivity contribution < 1.29 is 9.59 Å². The highest BCUT2D eigenvalue weighted by atomic mass is 16.2. The number of nitrogens with one attached hydrogen (secondary N) is 2. The van der Waals surface area contributed by atoms with E-state index in [1.807, 2.05) is 4.57 Å². The molecule has 92 valence electrons. The van der Waals surface area contributed by atoms with E-state index in [1.54, 1.807) is 6.33 Å². The van der Waals surface area contributed by atoms with Crippen molar-refractivity contribution in [1.29, 1.82) is 0 Å². The molecule has 1 aromatic rings. The van der Waals surface area contributed by atoms with E-state index in [9.17, 15) is 9.59 Å². The van der Waals surface area contributed by atoms with E-state index in [1.165, 1.54) is 6.92 Å². The number of hydrogen-bond donors (Lipinski definition) is 2. The minimum Gasteiger partial charge on any atom is -0.344 e. The molecule has 2 amide bonds. The molecule has 6 heteroatoms. The Labute approximate surface area is 99.4 Å². The molecule has 0 radical (unpaired) electrons. The van der Waals surface area contributed by atoms with Gasteiger partial charge < -0.3 is 15.2 Å². The van der Waals surface area contributed by atoms with Crippen LogP contribution in [0.5, 0.6) is 0 Å². The first-order chi connectivity index (χ1) is 8.11. The molecule has 1 aliphatic heterocycles. The summed E-state index contributed by atoms with van der Waals surface area (Å²) >= 11 is 0. The highest BCUT2D eigenvalue weighted by Gasteiger charge is 2.29. The minimum absolute atomic E-state index is 0.199. The fourth-order valence-electron chi connectivity index (χ4n) is 2.01. The molecule has 17 heavy (non-hydrogen) atoms. The van der Waals surface area contributed by atoms with Crippen LogP contribution in [-0.4, -0.2) is 27.4 Å². The number of imidazole rings is 1. The van der Waals surface area contributed by atoms with Crippen LogP contribution in [-0.2, 0) is 22.6 Å². The maximum absolute atomic E-state index is 11.7. The third-order valence-electron chi connectivity index (χ3n) is 2.74. The quantitative estimate of drug-likeness (QED) is 0.792. The number of aromatic nitrogens is 2. The van der Waals surface area contributed by atoms with Crippen molar-refractivity contribution in [3.63, 3.8) is 0 Å². The second-order valence-electron chi connectivity index (χ2n) is 4.18. The highest BCUT2D eigenvalue weighted by Crippen LogP contribution is 2.21. The van der Waals surface area contributed by atoms with Crippen LogP contribution >= 0.6 is 0 Å². The molecule has 0 saturated heterocycles. The molecular formula is C11H16N4O2. The molecule has 6 nitrogen and oxygen atoms in total. The molecule has 0 bridgehead atoms. The molecule has 0 aliphatic carbocycles. The number of anilines is 1. The molecule has 0 spiro atoms. The molecule has 0 aromatic carbocycles. The van der Waals surface area contributed by atoms with Gasteiger partial charge in [-0.25, -0.2) is 4.98 Å². The van der Waals surface area contributed by atoms with Gasteiger partial charge in [-0.05, 0) is 6.42 Å². The lowest BCUT2D eigenvalue weighted by Gasteiger charge is -2.23. The van der Waals surface area contributed by atoms with Crippen LogP contribution in [0, 0.1) is 0 Å². The summed E-state index contributed by atoms with van der Waals surface area (Å²) in [6.45, 7) is 4.36. The fourth-order valence-corrected chi connectivity index (χ4v) is 2.01. The van der Waals surface area contributed by atoms with Crippen molar-refractivity contribution in [2.24, 2.45) is 0 Å². The Morgan fingerprint density at radius 1 is 1.71 bits per heavy atom. The summed E-state index contributed by atoms with van der Waals surface area (Å²) in [5.41, 5.74) is 0.977. The summed E-state index contributed by atoms with van der Waals surface area (Å²) in [7, 11) is 0. The van der Waals surface area contributed by atoms with Gasteiger partial charge in [0.05, 0.1) is 12.0 Å². The number of fused-ring (bicyclic) bond motifs is 1. The predicted molar refractivity (Wildman–Crippen MR) is 62.5 cm³/mol. The van der Waals surface area contributed by atoms with Crippen LogP contribution in [0.2, 0.25) is 0 Å². The normalized spacial score (nSPS) is 18.5. The van der Waals surface area contributed by atoms with Crippen LogP contribution in [0.3, 0.4) is 0 Å². The van der Waals surface area contributed by atoms with Crippen LogP contribution in [0.4, 0.5) is 5.82 Å². The third-order valence-corrected chi connectivity index (χ3v) is 2.74. The van der Waals surface area contributed by atoms with Crippen molar-refractivity contribution in [3.8, 4) is 0 Å². The Morgan fingerprint density at radius 3 is 3.12 bits per heavy atom. The Morgan fingerprint density at radius 2 is 2.47 bits per heavy atom. The Balaban J connectivity index is 2.21. The van der Waals surface area contributed by atoms with Crippen LogP contribution in [0.15, 0.2) is 6.33 Å². The lowest BCUT2D eigenvalue weighted by Crippen LogP contribution is -2.47. The van der Waals surface area contributed by atoms with Crippen LogP contribution in [0.1, 0.15) is 26.0 Å². The van der Waals surface area contributed by atoms with E-state index in [2.05, 4.69) is 22.5 Å². The Bertz CT molecular complexity index is 452. The lowest BCUT2D eigenvalue weighted by molar-refractivity contribution is -0.125. The zero-order chi connectivity index (χ0) is 12.4. The van der Waals surface area contributed by atoms with Gasteiger partial charge in [0.2, 0.25) is 11.8 Å². The molecule has 1 aromatic heterocycles. The van der Waals surface area contributed by atoms with Crippen molar-refractivity contribution in [2.45, 2.75) is 39.3 Å². The maximum atomic E-state index is 11.7. The zero-order valence-corrected chi connectivity index (χ0v) is 9.99. The van der Waals surface area contributed by atoms with Crippen LogP contribution in [0.25, 0.3) is 0 Å². The first kappa shape index (κ1) is 11.6. The molecule has 2 N–H and O–H groups in total. The first-order valence-electron chi connectivity index (χ1n) is 5.73. The van der Waals surface area contributed by atoms with Crippen LogP contribution < -0.4 is 10.6 Å². The number of nitrogens with zero attached hydrogens (tertiary/aromatic N) is 2. The average molecular weight is 236 g/mol. The summed E-state index contributed by atoms with van der Waals surface area (Å²) in [5.74, 6) is 0.217. The molecule has 2 heterocycles. The number of hydrogen-bond acceptors (Lipinski definition) is 3. The van der Waals surface area contributed by atoms with Gasteiger partial charge in [0.1, 0.15) is 6.04 Å². The van der Waals surface area contributed by atoms with Crippen molar-refractivity contribution in [3.05, 3.63) is 12.0 Å². The predicted octanol–water partition coefficient (Wildman–Crippen LogP) is 0.292. The average Bonchev–Trinajstić information content (AvgIpc) is 2.62. The number of amides is 2. The fraction of sp³-hybridized carbons (Fsp3) is 0.545. The van der Waals surface area contributed by atoms with Gasteiger partial charge in [-0.2, -0.15) is 0 Å². The van der Waals surface area contributed by atoms with E-state index in [0.29, 0.717) is 12.2 Å². The van der Waals surface area contributed by atoms with Crippen molar-refractivity contribution in [2.75, 3.05) is 5.32 Å². The van der Waals surface area contributed by atoms with Crippen molar-refractivity contribution >= 4 is 17.6 Å². The molecule has 2 rings (SSSR count). The maximum Gasteiger partial charge on any atom is 0.248 e. The van der Waals surface area contributed by atoms with E-state index in [-0.39, 0.29) is 11.8 Å². The van der Waals surface area contributed by atoms with Crippen molar-refractivity contribution in [1.82, 2.24) is 14.9 Å². The topological polar surface area (TPSA) is 76.0 Å². The van der Waals surface area contributed by atoms with Gasteiger partial charge in [-0.3, -0.25) is 9.59 Å². The minimum atomic E-state index is -0.493. The molecule has 1 unspecified atom stereocenters. The van der Waals surface area contributed by atoms with E-state index in [4.69, 9.17) is 0 Å². The Kier molecular flexibility index (Phi) is 3.12. The van der Waals surface area contributed by atoms with E-state index < -0.39 is 6.04 Å². The molecule has 0 fully saturated rings. The molecule has 0 saturated carbocycles. The van der Waals surface area contributed by atoms with Gasteiger partial charge in [0, 0.05) is 19.9 Å². The number of carbonyl (C=O) groups is 2. The molecular weight excluding hydrogens is 220 g/mol. The van der Waals surface area contributed by atoms with Gasteiger partial charge in [0.15, 0.2) is 5.82 Å². The summed E-state index contributed by atoms with van der Waals surface area (Å²) in [4.78, 5) is 26.8. The smallest absolute Gasteiger partial charge is 0.248 e. The van der Waals surface area contributed by atoms with Gasteiger partial charge in [0.25, 0.3) is 0 Å². The molecule has 1 atom stereocenters. The number of aryl methyl sites for hydroxylation is 1. The first-order valence-corrected chi connectivity index (χ1v) is 5.73. The van der Waals surface area contributed by atoms with Gasteiger partial charge in [-0.15, -0.1) is 0 Å². The zero-order valence-electron chi connectivity index (χ0n) is 9.99. The third kappa shape index (κ3) is 2.30. The number of rotatable bonds is 3.